The molecule has 3 amide bonds. The summed E-state index contributed by atoms with van der Waals surface area (Å²) in [7, 11) is -3.95. The molecule has 1 saturated heterocycles. The Morgan fingerprint density at radius 1 is 1.04 bits per heavy atom. The molecule has 0 bridgehead atoms. The fourth-order valence-electron chi connectivity index (χ4n) is 6.56. The van der Waals surface area contributed by atoms with Gasteiger partial charge in [0, 0.05) is 32.2 Å². The first-order valence-corrected chi connectivity index (χ1v) is 19.3. The monoisotopic (exact) mass is 729 g/mol. The van der Waals surface area contributed by atoms with Gasteiger partial charge in [0.05, 0.1) is 21.0 Å². The van der Waals surface area contributed by atoms with Crippen LogP contribution in [0, 0.1) is 12.8 Å². The second kappa shape index (κ2) is 14.0. The van der Waals surface area contributed by atoms with E-state index in [0.29, 0.717) is 52.6 Å². The number of carbonyl (C=O) groups excluding carboxylic acids is 3. The molecule has 51 heavy (non-hydrogen) atoms. The van der Waals surface area contributed by atoms with Gasteiger partial charge >= 0.3 is 6.09 Å². The van der Waals surface area contributed by atoms with Crippen LogP contribution in [-0.4, -0.2) is 78.3 Å². The highest BCUT2D eigenvalue weighted by Gasteiger charge is 2.41. The van der Waals surface area contributed by atoms with Gasteiger partial charge in [-0.25, -0.2) is 27.9 Å². The van der Waals surface area contributed by atoms with E-state index in [0.717, 1.165) is 23.3 Å². The number of nitrogens with zero attached hydrogens (tertiary/aromatic N) is 5. The third-order valence-corrected chi connectivity index (χ3v) is 12.1. The molecule has 2 aromatic carbocycles. The number of sulfonamides is 1. The van der Waals surface area contributed by atoms with Crippen molar-refractivity contribution in [3.63, 3.8) is 0 Å². The van der Waals surface area contributed by atoms with Crippen molar-refractivity contribution in [2.75, 3.05) is 36.4 Å². The zero-order valence-corrected chi connectivity index (χ0v) is 30.2. The molecule has 0 spiro atoms. The zero-order chi connectivity index (χ0) is 35.9. The molecule has 1 saturated carbocycles. The standard InChI is InChI=1S/C36H39N7O6S2/c1-4-37-51(47,48)28-18-26(17-27-19-43(34(45)32(27)28)23(3)25-13-14-25)33-22(2)38-35(50-33)40-29-11-8-12-30(39-29)42-16-15-41(20-31(42)44)36(46)49-21-24-9-6-5-7-10-24/h5-12,17-18,23,25,37H,4,13-16,19-21H2,1-3H3,(H,38,39,40)/t23-/m0/s1. The summed E-state index contributed by atoms with van der Waals surface area (Å²) >= 11 is 1.34. The summed E-state index contributed by atoms with van der Waals surface area (Å²) < 4.78 is 34.8. The molecule has 2 aromatic heterocycles. The maximum atomic E-state index is 13.6. The lowest BCUT2D eigenvalue weighted by atomic mass is 10.0. The quantitative estimate of drug-likeness (QED) is 0.210. The number of thiazole rings is 1. The summed E-state index contributed by atoms with van der Waals surface area (Å²) in [6.45, 7) is 6.69. The summed E-state index contributed by atoms with van der Waals surface area (Å²) in [5, 5.41) is 3.76. The summed E-state index contributed by atoms with van der Waals surface area (Å²) in [6, 6.07) is 18.2. The molecule has 1 atom stereocenters. The number of benzene rings is 2. The topological polar surface area (TPSA) is 154 Å². The Balaban J connectivity index is 1.07. The van der Waals surface area contributed by atoms with Crippen LogP contribution in [0.1, 0.15) is 53.9 Å². The van der Waals surface area contributed by atoms with Crippen molar-refractivity contribution < 1.29 is 27.5 Å². The number of aryl methyl sites for hydroxylation is 1. The minimum Gasteiger partial charge on any atom is -0.445 e. The molecule has 4 heterocycles. The average Bonchev–Trinajstić information content (AvgIpc) is 3.83. The predicted octanol–water partition coefficient (Wildman–Crippen LogP) is 5.30. The molecular formula is C36H39N7O6S2. The summed E-state index contributed by atoms with van der Waals surface area (Å²) in [4.78, 5) is 54.2. The number of ether oxygens (including phenoxy) is 1. The molecule has 7 rings (SSSR count). The van der Waals surface area contributed by atoms with E-state index in [1.807, 2.05) is 50.2 Å². The van der Waals surface area contributed by atoms with Crippen molar-refractivity contribution >= 4 is 56.0 Å². The Hall–Kier alpha value is -4.86. The molecule has 266 valence electrons. The molecule has 0 radical (unpaired) electrons. The van der Waals surface area contributed by atoms with E-state index >= 15 is 0 Å². The second-order valence-electron chi connectivity index (χ2n) is 13.0. The SMILES string of the molecule is CCNS(=O)(=O)c1cc(-c2sc(Nc3cccc(N4CCN(C(=O)OCc5ccccc5)CC4=O)n3)nc2C)cc2c1C(=O)N([C@@H](C)C1CC1)C2. The number of nitrogens with one attached hydrogen (secondary N) is 2. The van der Waals surface area contributed by atoms with Crippen LogP contribution in [0.5, 0.6) is 0 Å². The normalized spacial score (nSPS) is 16.7. The van der Waals surface area contributed by atoms with E-state index in [1.54, 1.807) is 36.1 Å². The molecule has 4 aromatic rings. The van der Waals surface area contributed by atoms with Crippen molar-refractivity contribution in [2.24, 2.45) is 5.92 Å². The number of anilines is 3. The van der Waals surface area contributed by atoms with Gasteiger partial charge in [-0.1, -0.05) is 54.7 Å². The summed E-state index contributed by atoms with van der Waals surface area (Å²) in [6.07, 6.45) is 1.60. The third-order valence-electron chi connectivity index (χ3n) is 9.41. The summed E-state index contributed by atoms with van der Waals surface area (Å²) in [5.74, 6) is 0.813. The van der Waals surface area contributed by atoms with Crippen LogP contribution < -0.4 is 14.9 Å². The van der Waals surface area contributed by atoms with E-state index in [9.17, 15) is 22.8 Å². The van der Waals surface area contributed by atoms with Crippen molar-refractivity contribution in [2.45, 2.75) is 57.7 Å². The maximum Gasteiger partial charge on any atom is 0.410 e. The Morgan fingerprint density at radius 3 is 2.55 bits per heavy atom. The van der Waals surface area contributed by atoms with E-state index in [4.69, 9.17) is 9.72 Å². The first-order valence-electron chi connectivity index (χ1n) is 17.0. The molecular weight excluding hydrogens is 691 g/mol. The third kappa shape index (κ3) is 7.18. The van der Waals surface area contributed by atoms with Gasteiger partial charge in [0.15, 0.2) is 5.13 Å². The molecule has 13 nitrogen and oxygen atoms in total. The zero-order valence-electron chi connectivity index (χ0n) is 28.6. The van der Waals surface area contributed by atoms with Crippen LogP contribution in [-0.2, 0) is 32.7 Å². The minimum atomic E-state index is -3.95. The molecule has 0 unspecified atom stereocenters. The Morgan fingerprint density at radius 2 is 1.82 bits per heavy atom. The van der Waals surface area contributed by atoms with Crippen LogP contribution in [0.2, 0.25) is 0 Å². The van der Waals surface area contributed by atoms with Gasteiger partial charge in [-0.3, -0.25) is 19.4 Å². The summed E-state index contributed by atoms with van der Waals surface area (Å²) in [5.41, 5.74) is 3.14. The van der Waals surface area contributed by atoms with Crippen molar-refractivity contribution in [1.82, 2.24) is 24.5 Å². The smallest absolute Gasteiger partial charge is 0.410 e. The number of fused-ring (bicyclic) bond motifs is 1. The highest BCUT2D eigenvalue weighted by Crippen LogP contribution is 2.42. The fourth-order valence-corrected chi connectivity index (χ4v) is 8.83. The molecule has 15 heteroatoms. The van der Waals surface area contributed by atoms with Gasteiger partial charge in [-0.2, -0.15) is 0 Å². The number of hydrogen-bond donors (Lipinski definition) is 2. The van der Waals surface area contributed by atoms with E-state index in [2.05, 4.69) is 15.0 Å². The largest absolute Gasteiger partial charge is 0.445 e. The van der Waals surface area contributed by atoms with Gasteiger partial charge in [0.1, 0.15) is 24.8 Å². The van der Waals surface area contributed by atoms with Crippen LogP contribution in [0.3, 0.4) is 0 Å². The molecule has 3 aliphatic rings. The predicted molar refractivity (Wildman–Crippen MR) is 193 cm³/mol. The van der Waals surface area contributed by atoms with Crippen LogP contribution >= 0.6 is 11.3 Å². The van der Waals surface area contributed by atoms with Gasteiger partial charge in [0.2, 0.25) is 15.9 Å². The van der Waals surface area contributed by atoms with Gasteiger partial charge < -0.3 is 15.0 Å². The Kier molecular flexibility index (Phi) is 9.52. The van der Waals surface area contributed by atoms with Gasteiger partial charge in [0.25, 0.3) is 5.91 Å². The first-order chi connectivity index (χ1) is 24.5. The second-order valence-corrected chi connectivity index (χ2v) is 15.7. The lowest BCUT2D eigenvalue weighted by Gasteiger charge is -2.33. The van der Waals surface area contributed by atoms with Crippen molar-refractivity contribution in [3.8, 4) is 10.4 Å². The Labute approximate surface area is 300 Å². The van der Waals surface area contributed by atoms with Crippen molar-refractivity contribution in [1.29, 1.82) is 0 Å². The highest BCUT2D eigenvalue weighted by atomic mass is 32.2. The van der Waals surface area contributed by atoms with Crippen LogP contribution in [0.4, 0.5) is 21.6 Å². The van der Waals surface area contributed by atoms with E-state index in [-0.39, 0.29) is 54.6 Å². The minimum absolute atomic E-state index is 0.0155. The van der Waals surface area contributed by atoms with E-state index < -0.39 is 16.1 Å². The molecule has 1 aliphatic carbocycles. The number of hydrogen-bond acceptors (Lipinski definition) is 10. The number of carbonyl (C=O) groups is 3. The van der Waals surface area contributed by atoms with Crippen LogP contribution in [0.15, 0.2) is 65.6 Å². The molecule has 2 aliphatic heterocycles. The molecule has 2 N–H and O–H groups in total. The van der Waals surface area contributed by atoms with Crippen LogP contribution in [0.25, 0.3) is 10.4 Å². The van der Waals surface area contributed by atoms with Gasteiger partial charge in [-0.15, -0.1) is 0 Å². The van der Waals surface area contributed by atoms with E-state index in [1.165, 1.54) is 21.1 Å². The molecule has 2 fully saturated rings. The fraction of sp³-hybridized carbons (Fsp3) is 0.361. The number of piperazine rings is 1. The number of rotatable bonds is 11. The number of aromatic nitrogens is 2. The Bertz CT molecular complexity index is 2100. The number of amides is 3. The highest BCUT2D eigenvalue weighted by molar-refractivity contribution is 7.89. The average molecular weight is 730 g/mol. The number of pyridine rings is 1. The lowest BCUT2D eigenvalue weighted by Crippen LogP contribution is -2.52. The maximum absolute atomic E-state index is 13.6. The van der Waals surface area contributed by atoms with Crippen molar-refractivity contribution in [3.05, 3.63) is 83.0 Å². The van der Waals surface area contributed by atoms with Gasteiger partial charge in [-0.05, 0) is 73.6 Å². The first kappa shape index (κ1) is 34.6. The lowest BCUT2D eigenvalue weighted by molar-refractivity contribution is -0.121.